The van der Waals surface area contributed by atoms with E-state index in [1.165, 1.54) is 4.90 Å². The number of benzene rings is 1. The van der Waals surface area contributed by atoms with Gasteiger partial charge in [-0.2, -0.15) is 0 Å². The van der Waals surface area contributed by atoms with E-state index in [1.54, 1.807) is 20.8 Å². The summed E-state index contributed by atoms with van der Waals surface area (Å²) in [5, 5.41) is 9.38. The second-order valence-electron chi connectivity index (χ2n) is 6.11. The molecule has 1 aromatic carbocycles. The Kier molecular flexibility index (Phi) is 4.55. The molecule has 1 heterocycles. The molecule has 0 radical (unpaired) electrons. The van der Waals surface area contributed by atoms with Gasteiger partial charge in [0.05, 0.1) is 13.2 Å². The zero-order chi connectivity index (χ0) is 16.5. The first-order valence-electron chi connectivity index (χ1n) is 6.95. The van der Waals surface area contributed by atoms with Crippen LogP contribution in [0.2, 0.25) is 0 Å². The van der Waals surface area contributed by atoms with Crippen molar-refractivity contribution in [3.05, 3.63) is 29.3 Å². The molecule has 7 heteroatoms. The van der Waals surface area contributed by atoms with Crippen LogP contribution in [0.3, 0.4) is 0 Å². The summed E-state index contributed by atoms with van der Waals surface area (Å²) in [7, 11) is 0. The quantitative estimate of drug-likeness (QED) is 0.865. The summed E-state index contributed by atoms with van der Waals surface area (Å²) in [6.07, 6.45) is -1.31. The minimum Gasteiger partial charge on any atom is -0.505 e. The number of carbonyl (C=O) groups excluding carboxylic acids is 1. The Bertz CT molecular complexity index is 571. The number of aromatic hydroxyl groups is 1. The van der Waals surface area contributed by atoms with Crippen molar-refractivity contribution in [1.29, 1.82) is 0 Å². The third-order valence-electron chi connectivity index (χ3n) is 3.13. The lowest BCUT2D eigenvalue weighted by atomic mass is 10.1. The van der Waals surface area contributed by atoms with Gasteiger partial charge in [0, 0.05) is 18.2 Å². The van der Waals surface area contributed by atoms with Crippen LogP contribution in [-0.2, 0) is 9.47 Å². The van der Waals surface area contributed by atoms with E-state index in [2.05, 4.69) is 0 Å². The first-order valence-corrected chi connectivity index (χ1v) is 6.95. The van der Waals surface area contributed by atoms with Gasteiger partial charge in [0.2, 0.25) is 0 Å². The Labute approximate surface area is 127 Å². The van der Waals surface area contributed by atoms with Gasteiger partial charge in [-0.25, -0.2) is 13.6 Å². The molecular weight excluding hydrogens is 296 g/mol. The molecule has 1 atom stereocenters. The van der Waals surface area contributed by atoms with E-state index in [9.17, 15) is 18.7 Å². The van der Waals surface area contributed by atoms with Crippen LogP contribution in [0.25, 0.3) is 0 Å². The zero-order valence-corrected chi connectivity index (χ0v) is 12.7. The summed E-state index contributed by atoms with van der Waals surface area (Å²) in [5.41, 5.74) is -0.628. The lowest BCUT2D eigenvalue weighted by molar-refractivity contribution is -0.0444. The highest BCUT2D eigenvalue weighted by Crippen LogP contribution is 2.29. The van der Waals surface area contributed by atoms with Crippen LogP contribution >= 0.6 is 0 Å². The van der Waals surface area contributed by atoms with Crippen molar-refractivity contribution in [2.24, 2.45) is 0 Å². The number of phenolic OH excluding ortho intramolecular Hbond substituents is 1. The molecule has 0 bridgehead atoms. The summed E-state index contributed by atoms with van der Waals surface area (Å²) in [4.78, 5) is 13.4. The van der Waals surface area contributed by atoms with E-state index in [4.69, 9.17) is 9.47 Å². The number of hydrogen-bond acceptors (Lipinski definition) is 4. The van der Waals surface area contributed by atoms with Gasteiger partial charge in [0.25, 0.3) is 0 Å². The summed E-state index contributed by atoms with van der Waals surface area (Å²) in [5.74, 6) is -2.53. The molecule has 2 rings (SSSR count). The fourth-order valence-corrected chi connectivity index (χ4v) is 2.13. The maximum Gasteiger partial charge on any atom is 0.410 e. The third kappa shape index (κ3) is 3.85. The van der Waals surface area contributed by atoms with Crippen LogP contribution in [0.5, 0.6) is 5.75 Å². The van der Waals surface area contributed by atoms with Crippen molar-refractivity contribution < 1.29 is 28.2 Å². The molecule has 1 aromatic rings. The van der Waals surface area contributed by atoms with Crippen LogP contribution in [0, 0.1) is 11.6 Å². The molecule has 1 aliphatic heterocycles. The standard InChI is InChI=1S/C15H19F2NO4/c1-15(2,3)22-14(20)18-4-5-21-13(8-18)9-6-12(19)11(17)7-10(9)16/h6-7,13,19H,4-5,8H2,1-3H3. The van der Waals surface area contributed by atoms with Gasteiger partial charge < -0.3 is 19.5 Å². The monoisotopic (exact) mass is 315 g/mol. The number of ether oxygens (including phenoxy) is 2. The summed E-state index contributed by atoms with van der Waals surface area (Å²) >= 11 is 0. The van der Waals surface area contributed by atoms with Crippen molar-refractivity contribution in [2.75, 3.05) is 19.7 Å². The number of rotatable bonds is 1. The second kappa shape index (κ2) is 6.08. The van der Waals surface area contributed by atoms with Crippen molar-refractivity contribution in [1.82, 2.24) is 4.90 Å². The Hall–Kier alpha value is -1.89. The minimum absolute atomic E-state index is 0.00663. The Morgan fingerprint density at radius 1 is 1.36 bits per heavy atom. The molecule has 122 valence electrons. The van der Waals surface area contributed by atoms with Gasteiger partial charge >= 0.3 is 6.09 Å². The van der Waals surface area contributed by atoms with Gasteiger partial charge in [-0.1, -0.05) is 0 Å². The van der Waals surface area contributed by atoms with Gasteiger partial charge in [-0.15, -0.1) is 0 Å². The molecule has 1 saturated heterocycles. The number of morpholine rings is 1. The largest absolute Gasteiger partial charge is 0.505 e. The third-order valence-corrected chi connectivity index (χ3v) is 3.13. The predicted molar refractivity (Wildman–Crippen MR) is 74.5 cm³/mol. The zero-order valence-electron chi connectivity index (χ0n) is 12.7. The molecular formula is C15H19F2NO4. The molecule has 1 N–H and O–H groups in total. The number of nitrogens with zero attached hydrogens (tertiary/aromatic N) is 1. The van der Waals surface area contributed by atoms with Crippen molar-refractivity contribution >= 4 is 6.09 Å². The Balaban J connectivity index is 2.14. The molecule has 1 unspecified atom stereocenters. The molecule has 1 fully saturated rings. The lowest BCUT2D eigenvalue weighted by Crippen LogP contribution is -2.44. The number of amides is 1. The normalized spacial score (nSPS) is 19.1. The predicted octanol–water partition coefficient (Wildman–Crippen LogP) is 2.98. The fraction of sp³-hybridized carbons (Fsp3) is 0.533. The summed E-state index contributed by atoms with van der Waals surface area (Å²) < 4.78 is 37.6. The van der Waals surface area contributed by atoms with Gasteiger partial charge in [-0.3, -0.25) is 0 Å². The number of phenols is 1. The highest BCUT2D eigenvalue weighted by Gasteiger charge is 2.30. The average Bonchev–Trinajstić information content (AvgIpc) is 2.41. The van der Waals surface area contributed by atoms with E-state index in [1.807, 2.05) is 0 Å². The van der Waals surface area contributed by atoms with Crippen LogP contribution in [-0.4, -0.2) is 41.4 Å². The van der Waals surface area contributed by atoms with E-state index in [0.717, 1.165) is 6.07 Å². The Morgan fingerprint density at radius 3 is 2.68 bits per heavy atom. The molecule has 22 heavy (non-hydrogen) atoms. The molecule has 5 nitrogen and oxygen atoms in total. The van der Waals surface area contributed by atoms with Crippen molar-refractivity contribution in [3.63, 3.8) is 0 Å². The first kappa shape index (κ1) is 16.5. The molecule has 1 aliphatic rings. The van der Waals surface area contributed by atoms with Crippen LogP contribution < -0.4 is 0 Å². The maximum atomic E-state index is 13.8. The molecule has 0 aromatic heterocycles. The van der Waals surface area contributed by atoms with E-state index in [-0.39, 0.29) is 18.7 Å². The topological polar surface area (TPSA) is 59.0 Å². The highest BCUT2D eigenvalue weighted by molar-refractivity contribution is 5.68. The Morgan fingerprint density at radius 2 is 2.05 bits per heavy atom. The number of halogens is 2. The highest BCUT2D eigenvalue weighted by atomic mass is 19.1. The maximum absolute atomic E-state index is 13.8. The first-order chi connectivity index (χ1) is 10.2. The second-order valence-corrected chi connectivity index (χ2v) is 6.11. The fourth-order valence-electron chi connectivity index (χ4n) is 2.13. The van der Waals surface area contributed by atoms with Crippen molar-refractivity contribution in [3.8, 4) is 5.75 Å². The van der Waals surface area contributed by atoms with Gasteiger partial charge in [0.1, 0.15) is 17.5 Å². The molecule has 0 spiro atoms. The van der Waals surface area contributed by atoms with Crippen LogP contribution in [0.1, 0.15) is 32.4 Å². The van der Waals surface area contributed by atoms with Crippen LogP contribution in [0.15, 0.2) is 12.1 Å². The van der Waals surface area contributed by atoms with E-state index < -0.39 is 35.2 Å². The van der Waals surface area contributed by atoms with Gasteiger partial charge in [-0.05, 0) is 26.8 Å². The molecule has 0 aliphatic carbocycles. The van der Waals surface area contributed by atoms with Gasteiger partial charge in [0.15, 0.2) is 11.6 Å². The van der Waals surface area contributed by atoms with E-state index >= 15 is 0 Å². The average molecular weight is 315 g/mol. The molecule has 0 saturated carbocycles. The number of carbonyl (C=O) groups is 1. The van der Waals surface area contributed by atoms with Crippen molar-refractivity contribution in [2.45, 2.75) is 32.5 Å². The lowest BCUT2D eigenvalue weighted by Gasteiger charge is -2.34. The summed E-state index contributed by atoms with van der Waals surface area (Å²) in [6.45, 7) is 5.83. The molecule has 1 amide bonds. The summed E-state index contributed by atoms with van der Waals surface area (Å²) in [6, 6.07) is 1.58. The van der Waals surface area contributed by atoms with Crippen LogP contribution in [0.4, 0.5) is 13.6 Å². The smallest absolute Gasteiger partial charge is 0.410 e. The number of hydrogen-bond donors (Lipinski definition) is 1. The minimum atomic E-state index is -1.04. The van der Waals surface area contributed by atoms with E-state index in [0.29, 0.717) is 12.6 Å². The SMILES string of the molecule is CC(C)(C)OC(=O)N1CCOC(c2cc(O)c(F)cc2F)C1.